The van der Waals surface area contributed by atoms with Gasteiger partial charge in [0, 0.05) is 12.3 Å². The second-order valence-corrected chi connectivity index (χ2v) is 3.15. The summed E-state index contributed by atoms with van der Waals surface area (Å²) < 4.78 is 5.12. The highest BCUT2D eigenvalue weighted by molar-refractivity contribution is 6.51. The molecule has 0 radical (unpaired) electrons. The molecule has 6 nitrogen and oxygen atoms in total. The van der Waals surface area contributed by atoms with Crippen LogP contribution in [-0.2, 0) is 9.53 Å². The van der Waals surface area contributed by atoms with E-state index in [0.717, 1.165) is 0 Å². The molecular weight excluding hydrogens is 198 g/mol. The molecule has 0 aromatic heterocycles. The van der Waals surface area contributed by atoms with Crippen LogP contribution in [0.25, 0.3) is 0 Å². The van der Waals surface area contributed by atoms with Crippen molar-refractivity contribution in [3.8, 4) is 0 Å². The number of fused-ring (bicyclic) bond motifs is 1. The van der Waals surface area contributed by atoms with E-state index >= 15 is 0 Å². The molecule has 0 fully saturated rings. The highest BCUT2D eigenvalue weighted by Gasteiger charge is 2.32. The Morgan fingerprint density at radius 1 is 1.53 bits per heavy atom. The number of hydrogen-bond donors (Lipinski definition) is 2. The van der Waals surface area contributed by atoms with E-state index in [-0.39, 0.29) is 31.6 Å². The summed E-state index contributed by atoms with van der Waals surface area (Å²) in [6.45, 7) is 0.495. The third-order valence-corrected chi connectivity index (χ3v) is 2.13. The molecule has 2 aliphatic heterocycles. The van der Waals surface area contributed by atoms with Crippen LogP contribution in [0.4, 0.5) is 0 Å². The Hall–Kier alpha value is -1.53. The van der Waals surface area contributed by atoms with Gasteiger partial charge in [0.25, 0.3) is 0 Å². The van der Waals surface area contributed by atoms with Crippen LogP contribution in [0.3, 0.4) is 0 Å². The number of carbonyl (C=O) groups is 1. The van der Waals surface area contributed by atoms with Gasteiger partial charge < -0.3 is 15.2 Å². The maximum absolute atomic E-state index is 11.3. The molecule has 15 heavy (non-hydrogen) atoms. The number of ether oxygens (including phenoxy) is 1. The molecule has 0 amide bonds. The van der Waals surface area contributed by atoms with Crippen LogP contribution in [0.1, 0.15) is 0 Å². The Morgan fingerprint density at radius 3 is 3.20 bits per heavy atom. The van der Waals surface area contributed by atoms with E-state index in [1.165, 1.54) is 6.08 Å². The predicted octanol–water partition coefficient (Wildman–Crippen LogP) is -1.14. The summed E-state index contributed by atoms with van der Waals surface area (Å²) in [5.41, 5.74) is 1.07. The zero-order valence-electron chi connectivity index (χ0n) is 8.01. The molecule has 2 N–H and O–H groups in total. The molecule has 0 aromatic rings. The minimum atomic E-state index is -0.263. The van der Waals surface area contributed by atoms with Crippen molar-refractivity contribution >= 4 is 17.2 Å². The van der Waals surface area contributed by atoms with E-state index in [4.69, 9.17) is 9.84 Å². The van der Waals surface area contributed by atoms with Crippen molar-refractivity contribution in [2.75, 3.05) is 19.8 Å². The number of carbonyl (C=O) groups excluding carboxylic acids is 1. The van der Waals surface area contributed by atoms with Crippen molar-refractivity contribution in [3.63, 3.8) is 0 Å². The summed E-state index contributed by atoms with van der Waals surface area (Å²) in [6.07, 6.45) is 3.00. The summed E-state index contributed by atoms with van der Waals surface area (Å²) in [5.74, 6) is -0.125. The second kappa shape index (κ2) is 4.33. The van der Waals surface area contributed by atoms with Crippen LogP contribution >= 0.6 is 0 Å². The van der Waals surface area contributed by atoms with Crippen molar-refractivity contribution in [2.24, 2.45) is 10.2 Å². The quantitative estimate of drug-likeness (QED) is 0.573. The summed E-state index contributed by atoms with van der Waals surface area (Å²) in [6, 6.07) is -0.263. The number of aliphatic hydroxyl groups is 1. The van der Waals surface area contributed by atoms with Gasteiger partial charge in [-0.1, -0.05) is 0 Å². The Balaban J connectivity index is 1.96. The molecule has 2 aliphatic rings. The standard InChI is InChI=1S/C9H11N3O3/c13-3-4-15-5-6-8-9(12-11-6)7(14)1-2-10-8/h1-2,8,10,13H,3-5H2. The summed E-state index contributed by atoms with van der Waals surface area (Å²) in [4.78, 5) is 11.3. The number of ketones is 1. The first-order valence-corrected chi connectivity index (χ1v) is 4.63. The third-order valence-electron chi connectivity index (χ3n) is 2.13. The molecule has 0 bridgehead atoms. The number of hydrogen-bond acceptors (Lipinski definition) is 6. The topological polar surface area (TPSA) is 83.3 Å². The van der Waals surface area contributed by atoms with Crippen LogP contribution in [0, 0.1) is 0 Å². The van der Waals surface area contributed by atoms with E-state index in [1.54, 1.807) is 6.20 Å². The lowest BCUT2D eigenvalue weighted by Gasteiger charge is -2.17. The Bertz CT molecular complexity index is 360. The lowest BCUT2D eigenvalue weighted by molar-refractivity contribution is -0.109. The largest absolute Gasteiger partial charge is 0.394 e. The lowest BCUT2D eigenvalue weighted by Crippen LogP contribution is -2.45. The van der Waals surface area contributed by atoms with Crippen molar-refractivity contribution in [1.29, 1.82) is 0 Å². The Morgan fingerprint density at radius 2 is 2.40 bits per heavy atom. The number of allylic oxidation sites excluding steroid dienone is 1. The normalized spacial score (nSPS) is 23.3. The molecule has 0 spiro atoms. The van der Waals surface area contributed by atoms with Crippen molar-refractivity contribution in [2.45, 2.75) is 6.04 Å². The van der Waals surface area contributed by atoms with E-state index in [2.05, 4.69) is 15.5 Å². The van der Waals surface area contributed by atoms with Crippen molar-refractivity contribution in [1.82, 2.24) is 5.32 Å². The average Bonchev–Trinajstić information content (AvgIpc) is 2.64. The van der Waals surface area contributed by atoms with Crippen LogP contribution in [-0.4, -0.2) is 48.2 Å². The molecular formula is C9H11N3O3. The monoisotopic (exact) mass is 209 g/mol. The summed E-state index contributed by atoms with van der Waals surface area (Å²) in [5, 5.41) is 19.2. The van der Waals surface area contributed by atoms with Gasteiger partial charge in [-0.2, -0.15) is 5.10 Å². The van der Waals surface area contributed by atoms with Gasteiger partial charge in [-0.25, -0.2) is 0 Å². The van der Waals surface area contributed by atoms with Crippen LogP contribution in [0.15, 0.2) is 22.5 Å². The van der Waals surface area contributed by atoms with Gasteiger partial charge in [-0.15, -0.1) is 5.10 Å². The first kappa shape index (κ1) is 10.0. The highest BCUT2D eigenvalue weighted by atomic mass is 16.5. The maximum atomic E-state index is 11.3. The van der Waals surface area contributed by atoms with Gasteiger partial charge in [0.15, 0.2) is 0 Å². The van der Waals surface area contributed by atoms with Gasteiger partial charge in [0.1, 0.15) is 11.8 Å². The van der Waals surface area contributed by atoms with Crippen molar-refractivity contribution in [3.05, 3.63) is 12.3 Å². The van der Waals surface area contributed by atoms with E-state index < -0.39 is 0 Å². The smallest absolute Gasteiger partial charge is 0.205 e. The first-order chi connectivity index (χ1) is 7.33. The second-order valence-electron chi connectivity index (χ2n) is 3.15. The fourth-order valence-electron chi connectivity index (χ4n) is 1.42. The molecule has 0 saturated heterocycles. The van der Waals surface area contributed by atoms with Gasteiger partial charge in [-0.05, 0) is 0 Å². The van der Waals surface area contributed by atoms with Gasteiger partial charge in [0.05, 0.1) is 25.5 Å². The minimum absolute atomic E-state index is 0.0298. The zero-order valence-corrected chi connectivity index (χ0v) is 8.01. The maximum Gasteiger partial charge on any atom is 0.205 e. The summed E-state index contributed by atoms with van der Waals surface area (Å²) >= 11 is 0. The average molecular weight is 209 g/mol. The molecule has 2 heterocycles. The van der Waals surface area contributed by atoms with Gasteiger partial charge in [0.2, 0.25) is 5.78 Å². The molecule has 2 rings (SSSR count). The molecule has 0 aliphatic carbocycles. The number of nitrogens with one attached hydrogen (secondary N) is 1. The van der Waals surface area contributed by atoms with E-state index in [1.807, 2.05) is 0 Å². The number of nitrogens with zero attached hydrogens (tertiary/aromatic N) is 2. The Labute approximate surface area is 86.3 Å². The zero-order chi connectivity index (χ0) is 10.7. The number of rotatable bonds is 4. The van der Waals surface area contributed by atoms with E-state index in [9.17, 15) is 4.79 Å². The first-order valence-electron chi connectivity index (χ1n) is 4.63. The number of aliphatic hydroxyl groups excluding tert-OH is 1. The SMILES string of the molecule is O=C1C=CNC2C(COCCO)=NN=C12. The molecule has 1 atom stereocenters. The Kier molecular flexibility index (Phi) is 2.89. The lowest BCUT2D eigenvalue weighted by atomic mass is 10.0. The van der Waals surface area contributed by atoms with Crippen LogP contribution in [0.5, 0.6) is 0 Å². The molecule has 0 saturated carbocycles. The van der Waals surface area contributed by atoms with Crippen LogP contribution < -0.4 is 5.32 Å². The third kappa shape index (κ3) is 1.95. The van der Waals surface area contributed by atoms with Crippen molar-refractivity contribution < 1.29 is 14.6 Å². The fourth-order valence-corrected chi connectivity index (χ4v) is 1.42. The van der Waals surface area contributed by atoms with E-state index in [0.29, 0.717) is 11.4 Å². The molecule has 6 heteroatoms. The molecule has 1 unspecified atom stereocenters. The summed E-state index contributed by atoms with van der Waals surface area (Å²) in [7, 11) is 0. The van der Waals surface area contributed by atoms with Gasteiger partial charge >= 0.3 is 0 Å². The molecule has 80 valence electrons. The van der Waals surface area contributed by atoms with Gasteiger partial charge in [-0.3, -0.25) is 4.79 Å². The minimum Gasteiger partial charge on any atom is -0.394 e. The molecule has 0 aromatic carbocycles. The fraction of sp³-hybridized carbons (Fsp3) is 0.444. The highest BCUT2D eigenvalue weighted by Crippen LogP contribution is 2.09. The predicted molar refractivity (Wildman–Crippen MR) is 53.8 cm³/mol. The van der Waals surface area contributed by atoms with Crippen LogP contribution in [0.2, 0.25) is 0 Å².